The zero-order valence-corrected chi connectivity index (χ0v) is 8.35. The number of carbonyl (C=O) groups excluding carboxylic acids is 1. The Balaban J connectivity index is 4.34. The van der Waals surface area contributed by atoms with Crippen molar-refractivity contribution in [2.45, 2.75) is 27.7 Å². The Morgan fingerprint density at radius 1 is 1.50 bits per heavy atom. The Morgan fingerprint density at radius 2 is 2.00 bits per heavy atom. The Morgan fingerprint density at radius 3 is 2.25 bits per heavy atom. The van der Waals surface area contributed by atoms with Gasteiger partial charge in [-0.05, 0) is 6.92 Å². The van der Waals surface area contributed by atoms with Crippen LogP contribution in [0.15, 0.2) is 0 Å². The van der Waals surface area contributed by atoms with Crippen LogP contribution in [-0.2, 0) is 4.79 Å². The highest BCUT2D eigenvalue weighted by Crippen LogP contribution is 2.16. The Kier molecular flexibility index (Phi) is 3.82. The average Bonchev–Trinajstić information content (AvgIpc) is 1.97. The third kappa shape index (κ3) is 2.96. The maximum Gasteiger partial charge on any atom is 0.228 e. The van der Waals surface area contributed by atoms with E-state index in [9.17, 15) is 4.79 Å². The quantitative estimate of drug-likeness (QED) is 0.571. The molecule has 12 heavy (non-hydrogen) atoms. The highest BCUT2D eigenvalue weighted by atomic mass is 16.2. The molecule has 2 nitrogen and oxygen atoms in total. The van der Waals surface area contributed by atoms with Crippen LogP contribution in [-0.4, -0.2) is 23.9 Å². The molecule has 0 aliphatic rings. The third-order valence-electron chi connectivity index (χ3n) is 1.59. The van der Waals surface area contributed by atoms with Crippen molar-refractivity contribution < 1.29 is 4.79 Å². The first-order chi connectivity index (χ1) is 5.43. The van der Waals surface area contributed by atoms with Gasteiger partial charge in [-0.15, -0.1) is 6.42 Å². The molecule has 1 amide bonds. The van der Waals surface area contributed by atoms with Gasteiger partial charge in [0.25, 0.3) is 0 Å². The summed E-state index contributed by atoms with van der Waals surface area (Å²) in [4.78, 5) is 13.3. The fraction of sp³-hybridized carbons (Fsp3) is 0.700. The summed E-state index contributed by atoms with van der Waals surface area (Å²) in [6.45, 7) is 8.71. The Labute approximate surface area is 74.9 Å². The van der Waals surface area contributed by atoms with Crippen LogP contribution in [0.1, 0.15) is 27.7 Å². The summed E-state index contributed by atoms with van der Waals surface area (Å²) < 4.78 is 0. The zero-order chi connectivity index (χ0) is 9.78. The van der Waals surface area contributed by atoms with E-state index in [-0.39, 0.29) is 11.3 Å². The standard InChI is InChI=1S/C10H17NO/c1-6-8-11(7-2)9(12)10(3,4)5/h1H,7-8H2,2-5H3. The van der Waals surface area contributed by atoms with Gasteiger partial charge in [-0.2, -0.15) is 0 Å². The second-order valence-electron chi connectivity index (χ2n) is 3.77. The van der Waals surface area contributed by atoms with Gasteiger partial charge in [-0.25, -0.2) is 0 Å². The number of amides is 1. The predicted molar refractivity (Wildman–Crippen MR) is 50.5 cm³/mol. The van der Waals surface area contributed by atoms with E-state index in [4.69, 9.17) is 6.42 Å². The van der Waals surface area contributed by atoms with Crippen LogP contribution in [0.4, 0.5) is 0 Å². The first-order valence-electron chi connectivity index (χ1n) is 4.16. The summed E-state index contributed by atoms with van der Waals surface area (Å²) in [6.07, 6.45) is 5.14. The lowest BCUT2D eigenvalue weighted by atomic mass is 9.95. The summed E-state index contributed by atoms with van der Waals surface area (Å²) in [7, 11) is 0. The number of hydrogen-bond acceptors (Lipinski definition) is 1. The average molecular weight is 167 g/mol. The van der Waals surface area contributed by atoms with E-state index in [1.54, 1.807) is 4.90 Å². The summed E-state index contributed by atoms with van der Waals surface area (Å²) in [5.74, 6) is 2.59. The molecule has 0 aliphatic heterocycles. The van der Waals surface area contributed by atoms with Crippen molar-refractivity contribution in [1.29, 1.82) is 0 Å². The molecule has 0 heterocycles. The minimum atomic E-state index is -0.327. The van der Waals surface area contributed by atoms with E-state index in [1.165, 1.54) is 0 Å². The van der Waals surface area contributed by atoms with Gasteiger partial charge in [0.2, 0.25) is 5.91 Å². The zero-order valence-electron chi connectivity index (χ0n) is 8.35. The summed E-state index contributed by atoms with van der Waals surface area (Å²) in [5, 5.41) is 0. The minimum absolute atomic E-state index is 0.114. The number of nitrogens with zero attached hydrogens (tertiary/aromatic N) is 1. The maximum absolute atomic E-state index is 11.6. The largest absolute Gasteiger partial charge is 0.331 e. The van der Waals surface area contributed by atoms with Crippen molar-refractivity contribution >= 4 is 5.91 Å². The normalized spacial score (nSPS) is 10.6. The van der Waals surface area contributed by atoms with Gasteiger partial charge in [0, 0.05) is 12.0 Å². The topological polar surface area (TPSA) is 20.3 Å². The molecule has 0 aromatic carbocycles. The van der Waals surface area contributed by atoms with Gasteiger partial charge in [0.1, 0.15) is 0 Å². The molecule has 2 heteroatoms. The molecule has 0 aromatic heterocycles. The summed E-state index contributed by atoms with van der Waals surface area (Å²) in [6, 6.07) is 0. The molecule has 0 atom stereocenters. The SMILES string of the molecule is C#CCN(CC)C(=O)C(C)(C)C. The third-order valence-corrected chi connectivity index (χ3v) is 1.59. The van der Waals surface area contributed by atoms with Gasteiger partial charge in [0.05, 0.1) is 6.54 Å². The van der Waals surface area contributed by atoms with Gasteiger partial charge >= 0.3 is 0 Å². The lowest BCUT2D eigenvalue weighted by molar-refractivity contribution is -0.138. The molecule has 0 aliphatic carbocycles. The monoisotopic (exact) mass is 167 g/mol. The van der Waals surface area contributed by atoms with Crippen LogP contribution in [0.3, 0.4) is 0 Å². The number of rotatable bonds is 2. The number of terminal acetylenes is 1. The molecule has 0 unspecified atom stereocenters. The predicted octanol–water partition coefficient (Wildman–Crippen LogP) is 1.51. The second-order valence-corrected chi connectivity index (χ2v) is 3.77. The van der Waals surface area contributed by atoms with E-state index in [1.807, 2.05) is 27.7 Å². The van der Waals surface area contributed by atoms with Crippen molar-refractivity contribution in [2.24, 2.45) is 5.41 Å². The van der Waals surface area contributed by atoms with E-state index >= 15 is 0 Å². The molecule has 0 spiro atoms. The van der Waals surface area contributed by atoms with Crippen LogP contribution in [0.5, 0.6) is 0 Å². The molecule has 0 N–H and O–H groups in total. The lowest BCUT2D eigenvalue weighted by Gasteiger charge is -2.26. The second kappa shape index (κ2) is 4.15. The van der Waals surface area contributed by atoms with Gasteiger partial charge < -0.3 is 4.90 Å². The van der Waals surface area contributed by atoms with Crippen LogP contribution in [0, 0.1) is 17.8 Å². The molecule has 0 bridgehead atoms. The van der Waals surface area contributed by atoms with E-state index in [2.05, 4.69) is 5.92 Å². The molecule has 0 saturated carbocycles. The minimum Gasteiger partial charge on any atom is -0.331 e. The Hall–Kier alpha value is -0.970. The molecule has 0 fully saturated rings. The highest BCUT2D eigenvalue weighted by molar-refractivity contribution is 5.81. The van der Waals surface area contributed by atoms with Gasteiger partial charge in [-0.3, -0.25) is 4.79 Å². The smallest absolute Gasteiger partial charge is 0.228 e. The van der Waals surface area contributed by atoms with Crippen LogP contribution < -0.4 is 0 Å². The van der Waals surface area contributed by atoms with Gasteiger partial charge in [-0.1, -0.05) is 26.7 Å². The van der Waals surface area contributed by atoms with Crippen molar-refractivity contribution in [3.8, 4) is 12.3 Å². The van der Waals surface area contributed by atoms with E-state index in [0.29, 0.717) is 13.1 Å². The number of hydrogen-bond donors (Lipinski definition) is 0. The molecule has 0 radical (unpaired) electrons. The van der Waals surface area contributed by atoms with E-state index in [0.717, 1.165) is 0 Å². The maximum atomic E-state index is 11.6. The van der Waals surface area contributed by atoms with Crippen LogP contribution in [0.2, 0.25) is 0 Å². The van der Waals surface area contributed by atoms with E-state index < -0.39 is 0 Å². The molecule has 0 rings (SSSR count). The summed E-state index contributed by atoms with van der Waals surface area (Å²) >= 11 is 0. The van der Waals surface area contributed by atoms with Crippen molar-refractivity contribution in [2.75, 3.05) is 13.1 Å². The lowest BCUT2D eigenvalue weighted by Crippen LogP contribution is -2.39. The highest BCUT2D eigenvalue weighted by Gasteiger charge is 2.25. The molecular weight excluding hydrogens is 150 g/mol. The van der Waals surface area contributed by atoms with Crippen molar-refractivity contribution in [3.63, 3.8) is 0 Å². The van der Waals surface area contributed by atoms with Crippen LogP contribution >= 0.6 is 0 Å². The van der Waals surface area contributed by atoms with Crippen molar-refractivity contribution in [3.05, 3.63) is 0 Å². The molecule has 0 saturated heterocycles. The van der Waals surface area contributed by atoms with Crippen LogP contribution in [0.25, 0.3) is 0 Å². The molecular formula is C10H17NO. The fourth-order valence-electron chi connectivity index (χ4n) is 0.912. The van der Waals surface area contributed by atoms with Gasteiger partial charge in [0.15, 0.2) is 0 Å². The summed E-state index contributed by atoms with van der Waals surface area (Å²) in [5.41, 5.74) is -0.327. The molecule has 0 aromatic rings. The fourth-order valence-corrected chi connectivity index (χ4v) is 0.912. The first kappa shape index (κ1) is 11.0. The Bertz CT molecular complexity index is 195. The number of carbonyl (C=O) groups is 1. The molecule has 68 valence electrons. The van der Waals surface area contributed by atoms with Crippen molar-refractivity contribution in [1.82, 2.24) is 4.90 Å². The first-order valence-corrected chi connectivity index (χ1v) is 4.16.